The lowest BCUT2D eigenvalue weighted by Gasteiger charge is -2.18. The summed E-state index contributed by atoms with van der Waals surface area (Å²) in [6.45, 7) is 0.133. The molecule has 0 aliphatic rings. The molecular weight excluding hydrogens is 353 g/mol. The fourth-order valence-electron chi connectivity index (χ4n) is 2.42. The van der Waals surface area contributed by atoms with Gasteiger partial charge in [-0.3, -0.25) is 4.79 Å². The highest BCUT2D eigenvalue weighted by molar-refractivity contribution is 5.77. The summed E-state index contributed by atoms with van der Waals surface area (Å²) in [6.07, 6.45) is 1.25. The molecule has 0 N–H and O–H groups in total. The Morgan fingerprint density at radius 2 is 2.00 bits per heavy atom. The first kappa shape index (κ1) is 18.4. The number of methoxy groups -OCH3 is 1. The maximum absolute atomic E-state index is 13.7. The number of benzene rings is 2. The van der Waals surface area contributed by atoms with Gasteiger partial charge in [-0.2, -0.15) is 0 Å². The Morgan fingerprint density at radius 1 is 1.22 bits per heavy atom. The van der Waals surface area contributed by atoms with Crippen molar-refractivity contribution in [2.45, 2.75) is 6.54 Å². The molecule has 27 heavy (non-hydrogen) atoms. The summed E-state index contributed by atoms with van der Waals surface area (Å²) in [5.74, 6) is 0.417. The Labute approximate surface area is 155 Å². The van der Waals surface area contributed by atoms with Crippen LogP contribution in [0, 0.1) is 5.82 Å². The molecule has 0 unspecified atom stereocenters. The second-order valence-electron chi connectivity index (χ2n) is 5.78. The molecular formula is C19H18FN3O4. The molecule has 2 aromatic carbocycles. The number of carbonyl (C=O) groups excluding carboxylic acids is 1. The van der Waals surface area contributed by atoms with E-state index in [1.54, 1.807) is 37.4 Å². The molecule has 0 atom stereocenters. The number of nitrogens with zero attached hydrogens (tertiary/aromatic N) is 3. The van der Waals surface area contributed by atoms with Crippen LogP contribution in [0.15, 0.2) is 53.3 Å². The van der Waals surface area contributed by atoms with E-state index in [4.69, 9.17) is 13.9 Å². The van der Waals surface area contributed by atoms with E-state index in [-0.39, 0.29) is 24.8 Å². The van der Waals surface area contributed by atoms with Gasteiger partial charge in [0.2, 0.25) is 12.3 Å². The van der Waals surface area contributed by atoms with Crippen LogP contribution >= 0.6 is 0 Å². The minimum atomic E-state index is -0.464. The lowest BCUT2D eigenvalue weighted by atomic mass is 10.2. The second kappa shape index (κ2) is 8.31. The van der Waals surface area contributed by atoms with Crippen LogP contribution in [-0.4, -0.2) is 41.8 Å². The van der Waals surface area contributed by atoms with Crippen molar-refractivity contribution in [3.8, 4) is 23.0 Å². The average Bonchev–Trinajstić information content (AvgIpc) is 3.21. The molecule has 0 radical (unpaired) electrons. The number of carbonyl (C=O) groups is 1. The number of rotatable bonds is 7. The van der Waals surface area contributed by atoms with Crippen LogP contribution in [0.2, 0.25) is 0 Å². The fourth-order valence-corrected chi connectivity index (χ4v) is 2.42. The van der Waals surface area contributed by atoms with Gasteiger partial charge >= 0.3 is 0 Å². The smallest absolute Gasteiger partial charge is 0.260 e. The van der Waals surface area contributed by atoms with Crippen molar-refractivity contribution >= 4 is 5.91 Å². The summed E-state index contributed by atoms with van der Waals surface area (Å²) in [4.78, 5) is 13.7. The SMILES string of the molecule is COc1ccc(CN(C)C(=O)COc2ccc(-c3nnco3)cc2)cc1F. The molecule has 8 heteroatoms. The Balaban J connectivity index is 1.53. The molecule has 7 nitrogen and oxygen atoms in total. The predicted molar refractivity (Wildman–Crippen MR) is 94.7 cm³/mol. The molecule has 3 aromatic rings. The molecule has 1 aromatic heterocycles. The number of ether oxygens (including phenoxy) is 2. The quantitative estimate of drug-likeness (QED) is 0.636. The summed E-state index contributed by atoms with van der Waals surface area (Å²) >= 11 is 0. The van der Waals surface area contributed by atoms with Gasteiger partial charge in [0.15, 0.2) is 18.2 Å². The highest BCUT2D eigenvalue weighted by atomic mass is 19.1. The molecule has 0 fully saturated rings. The zero-order valence-electron chi connectivity index (χ0n) is 14.9. The third-order valence-electron chi connectivity index (χ3n) is 3.89. The van der Waals surface area contributed by atoms with Gasteiger partial charge in [-0.25, -0.2) is 4.39 Å². The first-order chi connectivity index (χ1) is 13.1. The van der Waals surface area contributed by atoms with Gasteiger partial charge in [0.25, 0.3) is 5.91 Å². The maximum atomic E-state index is 13.7. The van der Waals surface area contributed by atoms with E-state index in [2.05, 4.69) is 10.2 Å². The summed E-state index contributed by atoms with van der Waals surface area (Å²) < 4.78 is 29.2. The Bertz CT molecular complexity index is 898. The molecule has 0 saturated carbocycles. The molecule has 0 spiro atoms. The first-order valence-electron chi connectivity index (χ1n) is 8.12. The summed E-state index contributed by atoms with van der Waals surface area (Å²) in [5, 5.41) is 7.44. The van der Waals surface area contributed by atoms with Crippen molar-refractivity contribution in [3.05, 3.63) is 60.2 Å². The number of hydrogen-bond donors (Lipinski definition) is 0. The largest absolute Gasteiger partial charge is 0.494 e. The van der Waals surface area contributed by atoms with E-state index >= 15 is 0 Å². The van der Waals surface area contributed by atoms with Crippen LogP contribution in [0.25, 0.3) is 11.5 Å². The van der Waals surface area contributed by atoms with Crippen LogP contribution in [0.4, 0.5) is 4.39 Å². The summed E-state index contributed by atoms with van der Waals surface area (Å²) in [7, 11) is 3.03. The van der Waals surface area contributed by atoms with E-state index in [9.17, 15) is 9.18 Å². The van der Waals surface area contributed by atoms with Gasteiger partial charge in [-0.1, -0.05) is 6.07 Å². The second-order valence-corrected chi connectivity index (χ2v) is 5.78. The first-order valence-corrected chi connectivity index (χ1v) is 8.12. The lowest BCUT2D eigenvalue weighted by molar-refractivity contribution is -0.132. The number of aromatic nitrogens is 2. The Hall–Kier alpha value is -3.42. The van der Waals surface area contributed by atoms with Gasteiger partial charge in [-0.15, -0.1) is 10.2 Å². The van der Waals surface area contributed by atoms with Gasteiger partial charge in [-0.05, 0) is 42.0 Å². The minimum absolute atomic E-state index is 0.130. The molecule has 0 aliphatic heterocycles. The van der Waals surface area contributed by atoms with Crippen molar-refractivity contribution in [2.75, 3.05) is 20.8 Å². The lowest BCUT2D eigenvalue weighted by Crippen LogP contribution is -2.31. The van der Waals surface area contributed by atoms with E-state index < -0.39 is 5.82 Å². The molecule has 0 aliphatic carbocycles. The highest BCUT2D eigenvalue weighted by Gasteiger charge is 2.12. The molecule has 1 heterocycles. The zero-order chi connectivity index (χ0) is 19.2. The summed E-state index contributed by atoms with van der Waals surface area (Å²) in [5.41, 5.74) is 1.41. The van der Waals surface area contributed by atoms with Crippen LogP contribution in [0.3, 0.4) is 0 Å². The molecule has 1 amide bonds. The molecule has 0 bridgehead atoms. The van der Waals surface area contributed by atoms with E-state index in [1.165, 1.54) is 30.5 Å². The van der Waals surface area contributed by atoms with Gasteiger partial charge < -0.3 is 18.8 Å². The van der Waals surface area contributed by atoms with E-state index in [0.717, 1.165) is 5.56 Å². The third kappa shape index (κ3) is 4.60. The summed E-state index contributed by atoms with van der Waals surface area (Å²) in [6, 6.07) is 11.5. The molecule has 140 valence electrons. The van der Waals surface area contributed by atoms with E-state index in [0.29, 0.717) is 17.2 Å². The van der Waals surface area contributed by atoms with Crippen molar-refractivity contribution < 1.29 is 23.1 Å². The molecule has 3 rings (SSSR count). The van der Waals surface area contributed by atoms with Gasteiger partial charge in [0.1, 0.15) is 5.75 Å². The van der Waals surface area contributed by atoms with Gasteiger partial charge in [0, 0.05) is 19.2 Å². The van der Waals surface area contributed by atoms with Crippen LogP contribution in [0.1, 0.15) is 5.56 Å². The van der Waals surface area contributed by atoms with E-state index in [1.807, 2.05) is 0 Å². The highest BCUT2D eigenvalue weighted by Crippen LogP contribution is 2.21. The minimum Gasteiger partial charge on any atom is -0.494 e. The number of likely N-dealkylation sites (N-methyl/N-ethyl adjacent to an activating group) is 1. The van der Waals surface area contributed by atoms with Crippen LogP contribution in [-0.2, 0) is 11.3 Å². The number of amides is 1. The zero-order valence-corrected chi connectivity index (χ0v) is 14.9. The van der Waals surface area contributed by atoms with Crippen LogP contribution in [0.5, 0.6) is 11.5 Å². The maximum Gasteiger partial charge on any atom is 0.260 e. The average molecular weight is 371 g/mol. The fraction of sp³-hybridized carbons (Fsp3) is 0.211. The topological polar surface area (TPSA) is 77.7 Å². The van der Waals surface area contributed by atoms with Crippen molar-refractivity contribution in [1.82, 2.24) is 15.1 Å². The standard InChI is InChI=1S/C19H18FN3O4/c1-23(10-13-3-8-17(25-2)16(20)9-13)18(24)11-26-15-6-4-14(5-7-15)19-22-21-12-27-19/h3-9,12H,10-11H2,1-2H3. The Morgan fingerprint density at radius 3 is 2.63 bits per heavy atom. The normalized spacial score (nSPS) is 10.5. The number of halogens is 1. The van der Waals surface area contributed by atoms with Crippen molar-refractivity contribution in [1.29, 1.82) is 0 Å². The monoisotopic (exact) mass is 371 g/mol. The van der Waals surface area contributed by atoms with Crippen LogP contribution < -0.4 is 9.47 Å². The predicted octanol–water partition coefficient (Wildman–Crippen LogP) is 2.92. The van der Waals surface area contributed by atoms with Crippen molar-refractivity contribution in [3.63, 3.8) is 0 Å². The third-order valence-corrected chi connectivity index (χ3v) is 3.89. The Kier molecular flexibility index (Phi) is 5.65. The van der Waals surface area contributed by atoms with Crippen molar-refractivity contribution in [2.24, 2.45) is 0 Å². The molecule has 0 saturated heterocycles. The van der Waals surface area contributed by atoms with Gasteiger partial charge in [0.05, 0.1) is 7.11 Å². The number of hydrogen-bond acceptors (Lipinski definition) is 6.